The van der Waals surface area contributed by atoms with Gasteiger partial charge in [0.15, 0.2) is 0 Å². The SMILES string of the molecule is CC(CO)C(C)NCc1ccc(C(=O)O)o1. The molecule has 2 atom stereocenters. The molecule has 0 radical (unpaired) electrons. The van der Waals surface area contributed by atoms with Gasteiger partial charge in [0.05, 0.1) is 6.54 Å². The number of furan rings is 1. The fraction of sp³-hybridized carbons (Fsp3) is 0.545. The van der Waals surface area contributed by atoms with Crippen molar-refractivity contribution in [3.63, 3.8) is 0 Å². The van der Waals surface area contributed by atoms with Crippen molar-refractivity contribution in [1.29, 1.82) is 0 Å². The molecule has 0 spiro atoms. The maximum absolute atomic E-state index is 10.6. The normalized spacial score (nSPS) is 14.7. The monoisotopic (exact) mass is 227 g/mol. The summed E-state index contributed by atoms with van der Waals surface area (Å²) in [7, 11) is 0. The minimum Gasteiger partial charge on any atom is -0.475 e. The van der Waals surface area contributed by atoms with Crippen molar-refractivity contribution in [2.45, 2.75) is 26.4 Å². The Kier molecular flexibility index (Phi) is 4.52. The van der Waals surface area contributed by atoms with Crippen LogP contribution in [0.5, 0.6) is 0 Å². The van der Waals surface area contributed by atoms with Crippen LogP contribution in [0.25, 0.3) is 0 Å². The van der Waals surface area contributed by atoms with Crippen molar-refractivity contribution in [3.8, 4) is 0 Å². The third kappa shape index (κ3) is 3.36. The maximum atomic E-state index is 10.6. The largest absolute Gasteiger partial charge is 0.475 e. The molecule has 0 saturated carbocycles. The number of carboxylic acids is 1. The van der Waals surface area contributed by atoms with Crippen molar-refractivity contribution in [2.24, 2.45) is 5.92 Å². The molecule has 90 valence electrons. The van der Waals surface area contributed by atoms with Gasteiger partial charge in [0.1, 0.15) is 5.76 Å². The van der Waals surface area contributed by atoms with Crippen molar-refractivity contribution in [1.82, 2.24) is 5.32 Å². The summed E-state index contributed by atoms with van der Waals surface area (Å²) in [4.78, 5) is 10.6. The van der Waals surface area contributed by atoms with E-state index < -0.39 is 5.97 Å². The molecule has 2 unspecified atom stereocenters. The molecule has 0 saturated heterocycles. The van der Waals surface area contributed by atoms with Gasteiger partial charge in [-0.25, -0.2) is 4.79 Å². The van der Waals surface area contributed by atoms with E-state index in [-0.39, 0.29) is 24.3 Å². The van der Waals surface area contributed by atoms with Gasteiger partial charge in [-0.3, -0.25) is 0 Å². The minimum absolute atomic E-state index is 0.0559. The molecule has 0 bridgehead atoms. The number of carboxylic acid groups (broad SMARTS) is 1. The average molecular weight is 227 g/mol. The van der Waals surface area contributed by atoms with Gasteiger partial charge in [0, 0.05) is 12.6 Å². The molecule has 3 N–H and O–H groups in total. The highest BCUT2D eigenvalue weighted by atomic mass is 16.4. The van der Waals surface area contributed by atoms with Crippen LogP contribution < -0.4 is 5.32 Å². The lowest BCUT2D eigenvalue weighted by Crippen LogP contribution is -2.33. The zero-order valence-electron chi connectivity index (χ0n) is 9.43. The van der Waals surface area contributed by atoms with Crippen LogP contribution in [0.3, 0.4) is 0 Å². The molecule has 5 heteroatoms. The lowest BCUT2D eigenvalue weighted by Gasteiger charge is -2.18. The van der Waals surface area contributed by atoms with E-state index in [9.17, 15) is 4.79 Å². The Labute approximate surface area is 94.1 Å². The predicted molar refractivity (Wildman–Crippen MR) is 58.2 cm³/mol. The van der Waals surface area contributed by atoms with E-state index in [0.717, 1.165) is 0 Å². The predicted octanol–water partition coefficient (Wildman–Crippen LogP) is 1.08. The summed E-state index contributed by atoms with van der Waals surface area (Å²) in [5.41, 5.74) is 0. The summed E-state index contributed by atoms with van der Waals surface area (Å²) >= 11 is 0. The third-order valence-electron chi connectivity index (χ3n) is 2.61. The molecule has 1 heterocycles. The number of rotatable bonds is 6. The third-order valence-corrected chi connectivity index (χ3v) is 2.61. The van der Waals surface area contributed by atoms with E-state index in [1.54, 1.807) is 6.07 Å². The van der Waals surface area contributed by atoms with Crippen molar-refractivity contribution < 1.29 is 19.4 Å². The molecule has 0 aliphatic carbocycles. The van der Waals surface area contributed by atoms with Gasteiger partial charge in [-0.2, -0.15) is 0 Å². The Morgan fingerprint density at radius 3 is 2.69 bits per heavy atom. The second-order valence-corrected chi connectivity index (χ2v) is 3.90. The van der Waals surface area contributed by atoms with Crippen molar-refractivity contribution in [3.05, 3.63) is 23.7 Å². The summed E-state index contributed by atoms with van der Waals surface area (Å²) in [5.74, 6) is -0.397. The number of aliphatic hydroxyl groups is 1. The van der Waals surface area contributed by atoms with Crippen LogP contribution in [0.2, 0.25) is 0 Å². The van der Waals surface area contributed by atoms with Gasteiger partial charge < -0.3 is 19.9 Å². The average Bonchev–Trinajstić information content (AvgIpc) is 2.73. The van der Waals surface area contributed by atoms with Crippen LogP contribution >= 0.6 is 0 Å². The molecule has 0 aromatic carbocycles. The summed E-state index contributed by atoms with van der Waals surface area (Å²) in [6, 6.07) is 3.20. The lowest BCUT2D eigenvalue weighted by atomic mass is 10.1. The first-order valence-corrected chi connectivity index (χ1v) is 5.20. The van der Waals surface area contributed by atoms with Crippen molar-refractivity contribution >= 4 is 5.97 Å². The highest BCUT2D eigenvalue weighted by molar-refractivity contribution is 5.84. The molecular formula is C11H17NO4. The Morgan fingerprint density at radius 1 is 1.50 bits per heavy atom. The van der Waals surface area contributed by atoms with Crippen LogP contribution in [0.4, 0.5) is 0 Å². The summed E-state index contributed by atoms with van der Waals surface area (Å²) in [5, 5.41) is 20.7. The van der Waals surface area contributed by atoms with Crippen LogP contribution in [-0.4, -0.2) is 28.8 Å². The Morgan fingerprint density at radius 2 is 2.19 bits per heavy atom. The maximum Gasteiger partial charge on any atom is 0.371 e. The summed E-state index contributed by atoms with van der Waals surface area (Å²) in [6.07, 6.45) is 0. The fourth-order valence-electron chi connectivity index (χ4n) is 1.21. The zero-order chi connectivity index (χ0) is 12.1. The Hall–Kier alpha value is -1.33. The standard InChI is InChI=1S/C11H17NO4/c1-7(6-13)8(2)12-5-9-3-4-10(16-9)11(14)15/h3-4,7-8,12-13H,5-6H2,1-2H3,(H,14,15). The van der Waals surface area contributed by atoms with Crippen LogP contribution in [-0.2, 0) is 6.54 Å². The van der Waals surface area contributed by atoms with E-state index in [0.29, 0.717) is 12.3 Å². The summed E-state index contributed by atoms with van der Waals surface area (Å²) < 4.78 is 5.08. The number of hydrogen-bond acceptors (Lipinski definition) is 4. The smallest absolute Gasteiger partial charge is 0.371 e. The number of hydrogen-bond donors (Lipinski definition) is 3. The molecule has 5 nitrogen and oxygen atoms in total. The van der Waals surface area contributed by atoms with Crippen LogP contribution in [0, 0.1) is 5.92 Å². The highest BCUT2D eigenvalue weighted by Crippen LogP contribution is 2.09. The zero-order valence-corrected chi connectivity index (χ0v) is 9.43. The first-order valence-electron chi connectivity index (χ1n) is 5.20. The number of aliphatic hydroxyl groups excluding tert-OH is 1. The number of nitrogens with one attached hydrogen (secondary N) is 1. The molecule has 16 heavy (non-hydrogen) atoms. The minimum atomic E-state index is -1.07. The molecular weight excluding hydrogens is 210 g/mol. The quantitative estimate of drug-likeness (QED) is 0.677. The molecule has 0 amide bonds. The Balaban J connectivity index is 2.45. The van der Waals surface area contributed by atoms with Gasteiger partial charge in [-0.05, 0) is 25.0 Å². The lowest BCUT2D eigenvalue weighted by molar-refractivity contribution is 0.0660. The topological polar surface area (TPSA) is 82.7 Å². The van der Waals surface area contributed by atoms with Crippen LogP contribution in [0.15, 0.2) is 16.5 Å². The molecule has 1 aromatic heterocycles. The van der Waals surface area contributed by atoms with Gasteiger partial charge >= 0.3 is 5.97 Å². The molecule has 0 aliphatic rings. The van der Waals surface area contributed by atoms with Crippen LogP contribution in [0.1, 0.15) is 30.2 Å². The highest BCUT2D eigenvalue weighted by Gasteiger charge is 2.12. The second kappa shape index (κ2) is 5.67. The second-order valence-electron chi connectivity index (χ2n) is 3.90. The van der Waals surface area contributed by atoms with E-state index in [1.165, 1.54) is 6.07 Å². The number of aromatic carboxylic acids is 1. The van der Waals surface area contributed by atoms with Gasteiger partial charge in [-0.15, -0.1) is 0 Å². The molecule has 0 fully saturated rings. The van der Waals surface area contributed by atoms with Gasteiger partial charge in [-0.1, -0.05) is 6.92 Å². The number of carbonyl (C=O) groups is 1. The van der Waals surface area contributed by atoms with E-state index >= 15 is 0 Å². The van der Waals surface area contributed by atoms with E-state index in [4.69, 9.17) is 14.6 Å². The fourth-order valence-corrected chi connectivity index (χ4v) is 1.21. The molecule has 1 rings (SSSR count). The first kappa shape index (κ1) is 12.7. The van der Waals surface area contributed by atoms with Gasteiger partial charge in [0.25, 0.3) is 0 Å². The van der Waals surface area contributed by atoms with E-state index in [2.05, 4.69) is 5.32 Å². The molecule has 0 aliphatic heterocycles. The van der Waals surface area contributed by atoms with Gasteiger partial charge in [0.2, 0.25) is 5.76 Å². The Bertz CT molecular complexity index is 348. The van der Waals surface area contributed by atoms with E-state index in [1.807, 2.05) is 13.8 Å². The van der Waals surface area contributed by atoms with Crippen molar-refractivity contribution in [2.75, 3.05) is 6.61 Å². The first-order chi connectivity index (χ1) is 7.54. The molecule has 1 aromatic rings. The summed E-state index contributed by atoms with van der Waals surface area (Å²) in [6.45, 7) is 4.47.